The number of ether oxygens (including phenoxy) is 2. The van der Waals surface area contributed by atoms with Crippen LogP contribution in [0.4, 0.5) is 14.9 Å². The van der Waals surface area contributed by atoms with E-state index < -0.39 is 5.82 Å². The van der Waals surface area contributed by atoms with Crippen LogP contribution in [0.3, 0.4) is 0 Å². The van der Waals surface area contributed by atoms with E-state index in [0.29, 0.717) is 31.8 Å². The summed E-state index contributed by atoms with van der Waals surface area (Å²) in [6.45, 7) is 3.50. The largest absolute Gasteiger partial charge is 0.494 e. The molecule has 1 N–H and O–H groups in total. The fourth-order valence-corrected chi connectivity index (χ4v) is 2.52. The quantitative estimate of drug-likeness (QED) is 0.901. The van der Waals surface area contributed by atoms with E-state index in [0.717, 1.165) is 18.1 Å². The maximum atomic E-state index is 12.8. The molecule has 1 aliphatic heterocycles. The Bertz CT molecular complexity index is 709. The van der Waals surface area contributed by atoms with Crippen LogP contribution in [-0.4, -0.2) is 46.7 Å². The smallest absolute Gasteiger partial charge is 0.321 e. The predicted octanol–water partition coefficient (Wildman–Crippen LogP) is 2.70. The number of hydrogen-bond donors (Lipinski definition) is 1. The van der Waals surface area contributed by atoms with Crippen LogP contribution >= 0.6 is 0 Å². The minimum Gasteiger partial charge on any atom is -0.494 e. The normalized spacial score (nSPS) is 16.6. The Morgan fingerprint density at radius 1 is 1.32 bits per heavy atom. The van der Waals surface area contributed by atoms with Crippen molar-refractivity contribution in [3.05, 3.63) is 42.5 Å². The van der Waals surface area contributed by atoms with Crippen LogP contribution < -0.4 is 14.8 Å². The summed E-state index contributed by atoms with van der Waals surface area (Å²) in [5.74, 6) is 0.240. The number of aromatic nitrogens is 2. The highest BCUT2D eigenvalue weighted by atomic mass is 19.1. The van der Waals surface area contributed by atoms with Gasteiger partial charge in [-0.2, -0.15) is 0 Å². The zero-order valence-corrected chi connectivity index (χ0v) is 13.8. The van der Waals surface area contributed by atoms with Gasteiger partial charge in [-0.05, 0) is 31.2 Å². The molecule has 1 aromatic heterocycles. The number of likely N-dealkylation sites (tertiary alicyclic amines) is 1. The summed E-state index contributed by atoms with van der Waals surface area (Å²) in [6.07, 6.45) is 2.55. The Morgan fingerprint density at radius 3 is 2.72 bits per heavy atom. The number of carbonyl (C=O) groups excluding carboxylic acids is 1. The maximum absolute atomic E-state index is 12.8. The number of urea groups is 1. The first-order valence-corrected chi connectivity index (χ1v) is 8.07. The fourth-order valence-electron chi connectivity index (χ4n) is 2.52. The second-order valence-electron chi connectivity index (χ2n) is 5.55. The molecular formula is C17H19FN4O3. The van der Waals surface area contributed by atoms with Crippen LogP contribution in [-0.2, 0) is 0 Å². The first-order valence-electron chi connectivity index (χ1n) is 8.07. The predicted molar refractivity (Wildman–Crippen MR) is 89.2 cm³/mol. The van der Waals surface area contributed by atoms with Gasteiger partial charge in [-0.3, -0.25) is 0 Å². The van der Waals surface area contributed by atoms with Crippen molar-refractivity contribution in [1.29, 1.82) is 0 Å². The number of nitrogens with one attached hydrogen (secondary N) is 1. The molecule has 0 bridgehead atoms. The average Bonchev–Trinajstić information content (AvgIpc) is 3.08. The molecule has 25 heavy (non-hydrogen) atoms. The number of benzene rings is 1. The van der Waals surface area contributed by atoms with Crippen molar-refractivity contribution >= 4 is 11.7 Å². The topological polar surface area (TPSA) is 76.6 Å². The van der Waals surface area contributed by atoms with Gasteiger partial charge in [0.25, 0.3) is 0 Å². The summed E-state index contributed by atoms with van der Waals surface area (Å²) in [5, 5.41) is 2.84. The second kappa shape index (κ2) is 7.78. The minimum absolute atomic E-state index is 0.111. The molecule has 1 aliphatic rings. The second-order valence-corrected chi connectivity index (χ2v) is 5.55. The van der Waals surface area contributed by atoms with Crippen LogP contribution in [0.1, 0.15) is 13.3 Å². The summed E-state index contributed by atoms with van der Waals surface area (Å²) in [5.41, 5.74) is 0.694. The maximum Gasteiger partial charge on any atom is 0.321 e. The van der Waals surface area contributed by atoms with Gasteiger partial charge < -0.3 is 19.7 Å². The van der Waals surface area contributed by atoms with Gasteiger partial charge in [0, 0.05) is 18.7 Å². The molecule has 2 aromatic rings. The number of halogens is 1. The van der Waals surface area contributed by atoms with Gasteiger partial charge in [-0.25, -0.2) is 19.2 Å². The average molecular weight is 346 g/mol. The molecule has 8 heteroatoms. The Labute approximate surface area is 144 Å². The molecule has 132 valence electrons. The van der Waals surface area contributed by atoms with Crippen LogP contribution in [0.5, 0.6) is 11.8 Å². The monoisotopic (exact) mass is 346 g/mol. The molecule has 0 unspecified atom stereocenters. The van der Waals surface area contributed by atoms with E-state index in [2.05, 4.69) is 15.3 Å². The highest BCUT2D eigenvalue weighted by molar-refractivity contribution is 5.89. The molecule has 0 aliphatic carbocycles. The molecule has 1 saturated heterocycles. The summed E-state index contributed by atoms with van der Waals surface area (Å²) in [4.78, 5) is 21.5. The lowest BCUT2D eigenvalue weighted by molar-refractivity contribution is 0.183. The SMILES string of the molecule is CCOc1ccc(NC(=O)N2CC[C@@H](Oc3ncc(F)cn3)C2)cc1. The number of nitrogens with zero attached hydrogens (tertiary/aromatic N) is 3. The van der Waals surface area contributed by atoms with Crippen LogP contribution in [0, 0.1) is 5.82 Å². The number of anilines is 1. The third-order valence-corrected chi connectivity index (χ3v) is 3.72. The molecule has 3 rings (SSSR count). The molecule has 1 fully saturated rings. The zero-order valence-electron chi connectivity index (χ0n) is 13.8. The third kappa shape index (κ3) is 4.56. The van der Waals surface area contributed by atoms with E-state index in [9.17, 15) is 9.18 Å². The summed E-state index contributed by atoms with van der Waals surface area (Å²) < 4.78 is 23.7. The Morgan fingerprint density at radius 2 is 2.04 bits per heavy atom. The lowest BCUT2D eigenvalue weighted by Gasteiger charge is -2.17. The van der Waals surface area contributed by atoms with Crippen molar-refractivity contribution in [3.63, 3.8) is 0 Å². The zero-order chi connectivity index (χ0) is 17.6. The Balaban J connectivity index is 1.50. The standard InChI is InChI=1S/C17H19FN4O3/c1-2-24-14-5-3-13(4-6-14)21-17(23)22-8-7-15(11-22)25-16-19-9-12(18)10-20-16/h3-6,9-10,15H,2,7-8,11H2,1H3,(H,21,23)/t15-/m1/s1. The van der Waals surface area contributed by atoms with Gasteiger partial charge >= 0.3 is 12.0 Å². The van der Waals surface area contributed by atoms with E-state index in [1.54, 1.807) is 29.2 Å². The first-order chi connectivity index (χ1) is 12.1. The minimum atomic E-state index is -0.518. The molecule has 0 saturated carbocycles. The van der Waals surface area contributed by atoms with Crippen LogP contribution in [0.25, 0.3) is 0 Å². The molecule has 2 heterocycles. The molecule has 7 nitrogen and oxygen atoms in total. The van der Waals surface area contributed by atoms with E-state index in [4.69, 9.17) is 9.47 Å². The van der Waals surface area contributed by atoms with Crippen molar-refractivity contribution in [2.24, 2.45) is 0 Å². The highest BCUT2D eigenvalue weighted by Crippen LogP contribution is 2.19. The molecule has 1 aromatic carbocycles. The fraction of sp³-hybridized carbons (Fsp3) is 0.353. The van der Waals surface area contributed by atoms with Crippen molar-refractivity contribution in [2.75, 3.05) is 25.0 Å². The molecule has 2 amide bonds. The van der Waals surface area contributed by atoms with Crippen LogP contribution in [0.15, 0.2) is 36.7 Å². The lowest BCUT2D eigenvalue weighted by atomic mass is 10.3. The molecule has 1 atom stereocenters. The van der Waals surface area contributed by atoms with Crippen molar-refractivity contribution < 1.29 is 18.7 Å². The first kappa shape index (κ1) is 16.9. The van der Waals surface area contributed by atoms with E-state index >= 15 is 0 Å². The van der Waals surface area contributed by atoms with E-state index in [-0.39, 0.29) is 18.1 Å². The number of amides is 2. The van der Waals surface area contributed by atoms with Crippen molar-refractivity contribution in [3.8, 4) is 11.8 Å². The number of carbonyl (C=O) groups is 1. The van der Waals surface area contributed by atoms with Gasteiger partial charge in [0.05, 0.1) is 25.5 Å². The highest BCUT2D eigenvalue weighted by Gasteiger charge is 2.28. The van der Waals surface area contributed by atoms with Crippen molar-refractivity contribution in [2.45, 2.75) is 19.4 Å². The molecule has 0 spiro atoms. The number of rotatable bonds is 5. The van der Waals surface area contributed by atoms with E-state index in [1.165, 1.54) is 0 Å². The van der Waals surface area contributed by atoms with Gasteiger partial charge in [0.1, 0.15) is 11.9 Å². The van der Waals surface area contributed by atoms with Crippen molar-refractivity contribution in [1.82, 2.24) is 14.9 Å². The lowest BCUT2D eigenvalue weighted by Crippen LogP contribution is -2.34. The Hall–Kier alpha value is -2.90. The van der Waals surface area contributed by atoms with Gasteiger partial charge in [0.15, 0.2) is 5.82 Å². The Kier molecular flexibility index (Phi) is 5.27. The molecular weight excluding hydrogens is 327 g/mol. The number of hydrogen-bond acceptors (Lipinski definition) is 5. The van der Waals surface area contributed by atoms with E-state index in [1.807, 2.05) is 6.92 Å². The summed E-state index contributed by atoms with van der Waals surface area (Å²) >= 11 is 0. The summed E-state index contributed by atoms with van der Waals surface area (Å²) in [6, 6.07) is 7.11. The molecule has 0 radical (unpaired) electrons. The van der Waals surface area contributed by atoms with Gasteiger partial charge in [-0.15, -0.1) is 0 Å². The summed E-state index contributed by atoms with van der Waals surface area (Å²) in [7, 11) is 0. The van der Waals surface area contributed by atoms with Gasteiger partial charge in [-0.1, -0.05) is 0 Å². The third-order valence-electron chi connectivity index (χ3n) is 3.72. The van der Waals surface area contributed by atoms with Gasteiger partial charge in [0.2, 0.25) is 0 Å². The van der Waals surface area contributed by atoms with Crippen LogP contribution in [0.2, 0.25) is 0 Å².